The van der Waals surface area contributed by atoms with Crippen LogP contribution >= 0.6 is 0 Å². The van der Waals surface area contributed by atoms with Crippen molar-refractivity contribution in [3.63, 3.8) is 0 Å². The minimum absolute atomic E-state index is 0.0353. The molecule has 1 saturated heterocycles. The molecule has 0 unspecified atom stereocenters. The van der Waals surface area contributed by atoms with E-state index in [1.807, 2.05) is 0 Å². The molecular formula is C19H16F6N6O. The van der Waals surface area contributed by atoms with Gasteiger partial charge in [0, 0.05) is 24.7 Å². The standard InChI is InChI=1S/C19H16F6N6O/c20-18(21,22)12-1-3-13(4-2-12)26-16(32)11-7-9-30(10-8-11)15-6-5-14-27-28-17(19(23,24)25)31(14)29-15/h1-6,11H,7-10H2,(H,26,32). The highest BCUT2D eigenvalue weighted by molar-refractivity contribution is 5.92. The summed E-state index contributed by atoms with van der Waals surface area (Å²) in [5.41, 5.74) is -0.591. The van der Waals surface area contributed by atoms with Gasteiger partial charge in [0.15, 0.2) is 5.65 Å². The molecule has 1 aliphatic rings. The number of alkyl halides is 6. The molecule has 0 atom stereocenters. The number of halogens is 6. The van der Waals surface area contributed by atoms with Crippen molar-refractivity contribution < 1.29 is 31.1 Å². The molecule has 0 radical (unpaired) electrons. The summed E-state index contributed by atoms with van der Waals surface area (Å²) in [5.74, 6) is -1.64. The molecular weight excluding hydrogens is 442 g/mol. The topological polar surface area (TPSA) is 75.4 Å². The van der Waals surface area contributed by atoms with Gasteiger partial charge >= 0.3 is 12.4 Å². The van der Waals surface area contributed by atoms with E-state index in [4.69, 9.17) is 0 Å². The smallest absolute Gasteiger partial charge is 0.355 e. The Kier molecular flexibility index (Phi) is 5.42. The average Bonchev–Trinajstić information content (AvgIpc) is 3.17. The fourth-order valence-electron chi connectivity index (χ4n) is 3.48. The zero-order chi connectivity index (χ0) is 23.1. The molecule has 1 aliphatic heterocycles. The monoisotopic (exact) mass is 458 g/mol. The number of piperidine rings is 1. The number of hydrogen-bond acceptors (Lipinski definition) is 5. The van der Waals surface area contributed by atoms with Crippen LogP contribution in [-0.2, 0) is 17.1 Å². The molecule has 7 nitrogen and oxygen atoms in total. The Bertz CT molecular complexity index is 1120. The van der Waals surface area contributed by atoms with Gasteiger partial charge in [-0.1, -0.05) is 0 Å². The molecule has 4 rings (SSSR count). The Hall–Kier alpha value is -3.38. The maximum absolute atomic E-state index is 13.0. The lowest BCUT2D eigenvalue weighted by Crippen LogP contribution is -2.38. The van der Waals surface area contributed by atoms with Crippen molar-refractivity contribution in [3.05, 3.63) is 47.8 Å². The van der Waals surface area contributed by atoms with Crippen molar-refractivity contribution in [2.45, 2.75) is 25.2 Å². The van der Waals surface area contributed by atoms with Gasteiger partial charge in [-0.2, -0.15) is 30.9 Å². The number of carbonyl (C=O) groups excluding carboxylic acids is 1. The summed E-state index contributed by atoms with van der Waals surface area (Å²) in [6, 6.07) is 7.07. The van der Waals surface area contributed by atoms with E-state index in [0.717, 1.165) is 12.1 Å². The predicted octanol–water partition coefficient (Wildman–Crippen LogP) is 4.02. The van der Waals surface area contributed by atoms with Gasteiger partial charge in [-0.05, 0) is 49.2 Å². The summed E-state index contributed by atoms with van der Waals surface area (Å²) in [4.78, 5) is 14.2. The third-order valence-corrected chi connectivity index (χ3v) is 5.17. The summed E-state index contributed by atoms with van der Waals surface area (Å²) < 4.78 is 77.7. The van der Waals surface area contributed by atoms with Gasteiger partial charge in [-0.15, -0.1) is 15.3 Å². The molecule has 3 heterocycles. The third kappa shape index (κ3) is 4.46. The second-order valence-corrected chi connectivity index (χ2v) is 7.31. The van der Waals surface area contributed by atoms with Gasteiger partial charge < -0.3 is 10.2 Å². The second kappa shape index (κ2) is 7.95. The number of aromatic nitrogens is 4. The second-order valence-electron chi connectivity index (χ2n) is 7.31. The fourth-order valence-corrected chi connectivity index (χ4v) is 3.48. The molecule has 3 aromatic rings. The number of fused-ring (bicyclic) bond motifs is 1. The van der Waals surface area contributed by atoms with E-state index in [2.05, 4.69) is 20.6 Å². The quantitative estimate of drug-likeness (QED) is 0.601. The number of rotatable bonds is 3. The zero-order valence-corrected chi connectivity index (χ0v) is 16.3. The summed E-state index contributed by atoms with van der Waals surface area (Å²) in [5, 5.41) is 13.2. The first-order valence-electron chi connectivity index (χ1n) is 9.55. The SMILES string of the molecule is O=C(Nc1ccc(C(F)(F)F)cc1)C1CCN(c2ccc3nnc(C(F)(F)F)n3n2)CC1. The Morgan fingerprint density at radius 1 is 0.906 bits per heavy atom. The van der Waals surface area contributed by atoms with E-state index >= 15 is 0 Å². The molecule has 170 valence electrons. The number of nitrogens with one attached hydrogen (secondary N) is 1. The van der Waals surface area contributed by atoms with Crippen molar-refractivity contribution in [2.75, 3.05) is 23.3 Å². The summed E-state index contributed by atoms with van der Waals surface area (Å²) in [7, 11) is 0. The Morgan fingerprint density at radius 3 is 2.16 bits per heavy atom. The highest BCUT2D eigenvalue weighted by Gasteiger charge is 2.38. The lowest BCUT2D eigenvalue weighted by molar-refractivity contribution is -0.146. The minimum Gasteiger partial charge on any atom is -0.355 e. The molecule has 0 aliphatic carbocycles. The van der Waals surface area contributed by atoms with Crippen LogP contribution in [0, 0.1) is 5.92 Å². The zero-order valence-electron chi connectivity index (χ0n) is 16.3. The van der Waals surface area contributed by atoms with E-state index in [1.165, 1.54) is 24.3 Å². The van der Waals surface area contributed by atoms with Crippen molar-refractivity contribution >= 4 is 23.1 Å². The van der Waals surface area contributed by atoms with Gasteiger partial charge in [0.1, 0.15) is 5.82 Å². The normalized spacial score (nSPS) is 15.9. The van der Waals surface area contributed by atoms with Crippen LogP contribution in [0.1, 0.15) is 24.2 Å². The summed E-state index contributed by atoms with van der Waals surface area (Å²) in [6.45, 7) is 0.736. The molecule has 13 heteroatoms. The van der Waals surface area contributed by atoms with Crippen molar-refractivity contribution in [1.82, 2.24) is 19.8 Å². The van der Waals surface area contributed by atoms with Crippen LogP contribution < -0.4 is 10.2 Å². The summed E-state index contributed by atoms with van der Waals surface area (Å²) in [6.07, 6.45) is -8.35. The Balaban J connectivity index is 1.39. The first-order chi connectivity index (χ1) is 15.0. The molecule has 0 spiro atoms. The largest absolute Gasteiger partial charge is 0.453 e. The molecule has 32 heavy (non-hydrogen) atoms. The minimum atomic E-state index is -4.70. The molecule has 2 aromatic heterocycles. The number of anilines is 2. The highest BCUT2D eigenvalue weighted by Crippen LogP contribution is 2.31. The molecule has 1 amide bonds. The number of amides is 1. The van der Waals surface area contributed by atoms with Gasteiger partial charge in [0.05, 0.1) is 5.56 Å². The molecule has 1 N–H and O–H groups in total. The van der Waals surface area contributed by atoms with Crippen molar-refractivity contribution in [1.29, 1.82) is 0 Å². The van der Waals surface area contributed by atoms with Crippen LogP contribution in [0.15, 0.2) is 36.4 Å². The van der Waals surface area contributed by atoms with E-state index in [0.29, 0.717) is 36.3 Å². The number of carbonyl (C=O) groups is 1. The third-order valence-electron chi connectivity index (χ3n) is 5.17. The average molecular weight is 458 g/mol. The van der Waals surface area contributed by atoms with E-state index in [-0.39, 0.29) is 17.2 Å². The van der Waals surface area contributed by atoms with Crippen molar-refractivity contribution in [2.24, 2.45) is 5.92 Å². The predicted molar refractivity (Wildman–Crippen MR) is 101 cm³/mol. The fraction of sp³-hybridized carbons (Fsp3) is 0.368. The lowest BCUT2D eigenvalue weighted by Gasteiger charge is -2.32. The van der Waals surface area contributed by atoms with Crippen LogP contribution in [0.5, 0.6) is 0 Å². The Labute approximate surface area is 177 Å². The van der Waals surface area contributed by atoms with Crippen LogP contribution in [0.3, 0.4) is 0 Å². The lowest BCUT2D eigenvalue weighted by atomic mass is 9.95. The maximum atomic E-state index is 13.0. The first-order valence-corrected chi connectivity index (χ1v) is 9.55. The van der Waals surface area contributed by atoms with Crippen molar-refractivity contribution in [3.8, 4) is 0 Å². The maximum Gasteiger partial charge on any atom is 0.453 e. The summed E-state index contributed by atoms with van der Waals surface area (Å²) >= 11 is 0. The van der Waals surface area contributed by atoms with Gasteiger partial charge in [-0.3, -0.25) is 4.79 Å². The number of hydrogen-bond donors (Lipinski definition) is 1. The molecule has 0 bridgehead atoms. The van der Waals surface area contributed by atoms with Gasteiger partial charge in [0.25, 0.3) is 5.82 Å². The van der Waals surface area contributed by atoms with E-state index in [9.17, 15) is 31.1 Å². The molecule has 0 saturated carbocycles. The number of nitrogens with zero attached hydrogens (tertiary/aromatic N) is 5. The van der Waals surface area contributed by atoms with Crippen LogP contribution in [0.25, 0.3) is 5.65 Å². The van der Waals surface area contributed by atoms with Crippen LogP contribution in [0.4, 0.5) is 37.8 Å². The van der Waals surface area contributed by atoms with Crippen LogP contribution in [-0.4, -0.2) is 38.8 Å². The van der Waals surface area contributed by atoms with Gasteiger partial charge in [-0.25, -0.2) is 0 Å². The van der Waals surface area contributed by atoms with Gasteiger partial charge in [0.2, 0.25) is 5.91 Å². The molecule has 1 fully saturated rings. The highest BCUT2D eigenvalue weighted by atomic mass is 19.4. The molecule has 1 aromatic carbocycles. The first kappa shape index (κ1) is 21.8. The van der Waals surface area contributed by atoms with E-state index in [1.54, 1.807) is 4.90 Å². The Morgan fingerprint density at radius 2 is 1.56 bits per heavy atom. The van der Waals surface area contributed by atoms with E-state index < -0.39 is 29.7 Å². The van der Waals surface area contributed by atoms with Crippen LogP contribution in [0.2, 0.25) is 0 Å². The number of benzene rings is 1.